The molecule has 0 radical (unpaired) electrons. The molecule has 0 bridgehead atoms. The summed E-state index contributed by atoms with van der Waals surface area (Å²) < 4.78 is 31.2. The van der Waals surface area contributed by atoms with Gasteiger partial charge in [0.1, 0.15) is 5.75 Å². The summed E-state index contributed by atoms with van der Waals surface area (Å²) in [5.41, 5.74) is 6.75. The number of nitrogens with two attached hydrogens (primary N) is 1. The minimum absolute atomic E-state index is 0. The topological polar surface area (TPSA) is 111 Å². The van der Waals surface area contributed by atoms with E-state index >= 15 is 0 Å². The zero-order valence-corrected chi connectivity index (χ0v) is 17.5. The van der Waals surface area contributed by atoms with E-state index in [1.165, 1.54) is 13.5 Å². The van der Waals surface area contributed by atoms with E-state index in [0.29, 0.717) is 30.1 Å². The highest BCUT2D eigenvalue weighted by molar-refractivity contribution is 7.92. The fourth-order valence-electron chi connectivity index (χ4n) is 3.39. The molecule has 0 aromatic heterocycles. The van der Waals surface area contributed by atoms with Crippen molar-refractivity contribution in [3.8, 4) is 5.75 Å². The first kappa shape index (κ1) is 23.5. The third-order valence-electron chi connectivity index (χ3n) is 5.01. The average Bonchev–Trinajstić information content (AvgIpc) is 2.63. The number of ether oxygens (including phenoxy) is 1. The van der Waals surface area contributed by atoms with Crippen molar-refractivity contribution in [3.05, 3.63) is 18.2 Å². The lowest BCUT2D eigenvalue weighted by Crippen LogP contribution is -2.36. The van der Waals surface area contributed by atoms with Gasteiger partial charge in [0, 0.05) is 18.2 Å². The first-order valence-corrected chi connectivity index (χ1v) is 10.7. The van der Waals surface area contributed by atoms with E-state index in [1.54, 1.807) is 25.1 Å². The van der Waals surface area contributed by atoms with E-state index in [1.807, 2.05) is 0 Å². The molecular formula is C18H30ClN3O4S. The minimum Gasteiger partial charge on any atom is -0.494 e. The number of anilines is 2. The molecule has 0 aliphatic heterocycles. The number of nitrogens with one attached hydrogen (secondary N) is 2. The molecule has 0 unspecified atom stereocenters. The number of amides is 1. The molecule has 27 heavy (non-hydrogen) atoms. The number of halogens is 1. The number of hydrogen-bond donors (Lipinski definition) is 3. The van der Waals surface area contributed by atoms with Crippen LogP contribution in [0.2, 0.25) is 0 Å². The maximum Gasteiger partial charge on any atom is 0.232 e. The van der Waals surface area contributed by atoms with Crippen molar-refractivity contribution in [2.45, 2.75) is 45.4 Å². The SMILES string of the molecule is CCS(=O)(=O)Nc1ccc(NC(=O)CC2(CN)CCCCC2)cc1OC.Cl. The number of rotatable bonds is 8. The van der Waals surface area contributed by atoms with Crippen LogP contribution >= 0.6 is 12.4 Å². The fraction of sp³-hybridized carbons (Fsp3) is 0.611. The van der Waals surface area contributed by atoms with Crippen molar-refractivity contribution in [2.75, 3.05) is 29.4 Å². The molecule has 1 aromatic rings. The van der Waals surface area contributed by atoms with E-state index in [0.717, 1.165) is 25.7 Å². The van der Waals surface area contributed by atoms with Crippen LogP contribution in [0.4, 0.5) is 11.4 Å². The number of hydrogen-bond acceptors (Lipinski definition) is 5. The van der Waals surface area contributed by atoms with E-state index in [2.05, 4.69) is 10.0 Å². The van der Waals surface area contributed by atoms with Crippen LogP contribution in [0.25, 0.3) is 0 Å². The maximum atomic E-state index is 12.5. The highest BCUT2D eigenvalue weighted by Crippen LogP contribution is 2.38. The Labute approximate surface area is 167 Å². The fourth-order valence-corrected chi connectivity index (χ4v) is 4.04. The molecule has 0 heterocycles. The van der Waals surface area contributed by atoms with Gasteiger partial charge in [0.05, 0.1) is 18.6 Å². The highest BCUT2D eigenvalue weighted by atomic mass is 35.5. The van der Waals surface area contributed by atoms with Gasteiger partial charge in [0.15, 0.2) is 0 Å². The van der Waals surface area contributed by atoms with Crippen molar-refractivity contribution in [3.63, 3.8) is 0 Å². The molecule has 1 saturated carbocycles. The normalized spacial score (nSPS) is 16.1. The maximum absolute atomic E-state index is 12.5. The van der Waals surface area contributed by atoms with Gasteiger partial charge in [0.2, 0.25) is 15.9 Å². The highest BCUT2D eigenvalue weighted by Gasteiger charge is 2.33. The van der Waals surface area contributed by atoms with Crippen LogP contribution in [-0.4, -0.2) is 33.7 Å². The third-order valence-corrected chi connectivity index (χ3v) is 6.30. The predicted molar refractivity (Wildman–Crippen MR) is 111 cm³/mol. The van der Waals surface area contributed by atoms with Gasteiger partial charge in [-0.15, -0.1) is 12.4 Å². The molecule has 7 nitrogen and oxygen atoms in total. The number of carbonyl (C=O) groups is 1. The van der Waals surface area contributed by atoms with Gasteiger partial charge >= 0.3 is 0 Å². The van der Waals surface area contributed by atoms with Gasteiger partial charge in [-0.25, -0.2) is 8.42 Å². The van der Waals surface area contributed by atoms with Gasteiger partial charge in [-0.2, -0.15) is 0 Å². The number of sulfonamides is 1. The summed E-state index contributed by atoms with van der Waals surface area (Å²) in [6.45, 7) is 2.07. The Hall–Kier alpha value is -1.51. The zero-order valence-electron chi connectivity index (χ0n) is 15.9. The first-order valence-electron chi connectivity index (χ1n) is 9.01. The Morgan fingerprint density at radius 1 is 1.26 bits per heavy atom. The van der Waals surface area contributed by atoms with Gasteiger partial charge in [-0.3, -0.25) is 9.52 Å². The third kappa shape index (κ3) is 6.55. The summed E-state index contributed by atoms with van der Waals surface area (Å²) >= 11 is 0. The Morgan fingerprint density at radius 2 is 1.93 bits per heavy atom. The lowest BCUT2D eigenvalue weighted by molar-refractivity contribution is -0.118. The molecule has 1 amide bonds. The molecule has 1 aliphatic rings. The van der Waals surface area contributed by atoms with Crippen LogP contribution in [0.5, 0.6) is 5.75 Å². The Kier molecular flexibility index (Phi) is 8.84. The predicted octanol–water partition coefficient (Wildman–Crippen LogP) is 3.12. The van der Waals surface area contributed by atoms with Crippen LogP contribution in [0.3, 0.4) is 0 Å². The number of carbonyl (C=O) groups excluding carboxylic acids is 1. The monoisotopic (exact) mass is 419 g/mol. The lowest BCUT2D eigenvalue weighted by Gasteiger charge is -2.35. The Bertz CT molecular complexity index is 734. The molecule has 0 atom stereocenters. The molecule has 154 valence electrons. The lowest BCUT2D eigenvalue weighted by atomic mass is 9.71. The molecule has 0 spiro atoms. The van der Waals surface area contributed by atoms with E-state index in [9.17, 15) is 13.2 Å². The van der Waals surface area contributed by atoms with Crippen molar-refractivity contribution < 1.29 is 17.9 Å². The molecule has 1 aromatic carbocycles. The smallest absolute Gasteiger partial charge is 0.232 e. The van der Waals surface area contributed by atoms with Crippen LogP contribution in [-0.2, 0) is 14.8 Å². The van der Waals surface area contributed by atoms with Crippen LogP contribution in [0.1, 0.15) is 45.4 Å². The Morgan fingerprint density at radius 3 is 2.48 bits per heavy atom. The minimum atomic E-state index is -3.40. The van der Waals surface area contributed by atoms with E-state index in [-0.39, 0.29) is 29.5 Å². The molecule has 0 saturated heterocycles. The summed E-state index contributed by atoms with van der Waals surface area (Å²) in [5.74, 6) is 0.239. The first-order chi connectivity index (χ1) is 12.3. The van der Waals surface area contributed by atoms with Gasteiger partial charge in [-0.05, 0) is 43.9 Å². The van der Waals surface area contributed by atoms with Crippen molar-refractivity contribution in [1.29, 1.82) is 0 Å². The second kappa shape index (κ2) is 10.1. The number of benzene rings is 1. The number of methoxy groups -OCH3 is 1. The van der Waals surface area contributed by atoms with Crippen molar-refractivity contribution >= 4 is 39.7 Å². The second-order valence-corrected chi connectivity index (χ2v) is 8.92. The van der Waals surface area contributed by atoms with Gasteiger partial charge in [0.25, 0.3) is 0 Å². The summed E-state index contributed by atoms with van der Waals surface area (Å²) in [6.07, 6.45) is 5.80. The summed E-state index contributed by atoms with van der Waals surface area (Å²) in [6, 6.07) is 4.85. The molecule has 4 N–H and O–H groups in total. The van der Waals surface area contributed by atoms with Crippen molar-refractivity contribution in [2.24, 2.45) is 11.1 Å². The standard InChI is InChI=1S/C18H29N3O4S.ClH/c1-3-26(23,24)21-15-8-7-14(11-16(15)25-2)20-17(22)12-18(13-19)9-5-4-6-10-18;/h7-8,11,21H,3-6,9-10,12-13,19H2,1-2H3,(H,20,22);1H. The summed E-state index contributed by atoms with van der Waals surface area (Å²) in [7, 11) is -1.95. The molecule has 9 heteroatoms. The van der Waals surface area contributed by atoms with E-state index < -0.39 is 10.0 Å². The molecule has 2 rings (SSSR count). The van der Waals surface area contributed by atoms with Gasteiger partial charge < -0.3 is 15.8 Å². The van der Waals surface area contributed by atoms with Gasteiger partial charge in [-0.1, -0.05) is 19.3 Å². The Balaban J connectivity index is 0.00000364. The summed E-state index contributed by atoms with van der Waals surface area (Å²) in [5, 5.41) is 2.88. The molecule has 1 aliphatic carbocycles. The molecular weight excluding hydrogens is 390 g/mol. The second-order valence-electron chi connectivity index (χ2n) is 6.91. The van der Waals surface area contributed by atoms with Crippen LogP contribution < -0.4 is 20.5 Å². The summed E-state index contributed by atoms with van der Waals surface area (Å²) in [4.78, 5) is 12.5. The average molecular weight is 420 g/mol. The quantitative estimate of drug-likeness (QED) is 0.599. The van der Waals surface area contributed by atoms with Crippen molar-refractivity contribution in [1.82, 2.24) is 0 Å². The molecule has 1 fully saturated rings. The largest absolute Gasteiger partial charge is 0.494 e. The van der Waals surface area contributed by atoms with Crippen LogP contribution in [0.15, 0.2) is 18.2 Å². The zero-order chi connectivity index (χ0) is 19.2. The van der Waals surface area contributed by atoms with E-state index in [4.69, 9.17) is 10.5 Å². The van der Waals surface area contributed by atoms with Crippen LogP contribution in [0, 0.1) is 5.41 Å².